The number of hydrogen-bond donors (Lipinski definition) is 1. The molecule has 0 aliphatic heterocycles. The smallest absolute Gasteiger partial charge is 0.157 e. The molecule has 6 heteroatoms. The van der Waals surface area contributed by atoms with Crippen LogP contribution in [0.4, 0.5) is 0 Å². The zero-order valence-electron chi connectivity index (χ0n) is 34.0. The lowest BCUT2D eigenvalue weighted by Crippen LogP contribution is -2.29. The van der Waals surface area contributed by atoms with Gasteiger partial charge in [0.1, 0.15) is 16.8 Å². The molecular weight excluding hydrogens is 777 g/mol. The van der Waals surface area contributed by atoms with Crippen LogP contribution in [0.25, 0.3) is 92.2 Å². The number of thiophene rings is 1. The minimum atomic E-state index is 0.304. The summed E-state index contributed by atoms with van der Waals surface area (Å²) < 4.78 is 11.4. The molecule has 296 valence electrons. The van der Waals surface area contributed by atoms with Gasteiger partial charge >= 0.3 is 0 Å². The van der Waals surface area contributed by atoms with Crippen molar-refractivity contribution < 1.29 is 4.42 Å². The van der Waals surface area contributed by atoms with E-state index in [0.29, 0.717) is 29.2 Å². The Morgan fingerprint density at radius 1 is 0.694 bits per heavy atom. The van der Waals surface area contributed by atoms with Crippen molar-refractivity contribution in [2.75, 3.05) is 0 Å². The number of aliphatic imine (C=N–C) groups is 2. The van der Waals surface area contributed by atoms with Crippen LogP contribution in [0.15, 0.2) is 203 Å². The highest BCUT2D eigenvalue weighted by Crippen LogP contribution is 2.45. The molecular formula is C56H40N4OS. The summed E-state index contributed by atoms with van der Waals surface area (Å²) in [5.41, 5.74) is 16.9. The number of para-hydroxylation sites is 2. The molecule has 0 atom stereocenters. The Morgan fingerprint density at radius 3 is 2.15 bits per heavy atom. The summed E-state index contributed by atoms with van der Waals surface area (Å²) in [6, 6.07) is 61.9. The van der Waals surface area contributed by atoms with Crippen LogP contribution in [-0.4, -0.2) is 16.2 Å². The van der Waals surface area contributed by atoms with Gasteiger partial charge in [-0.25, -0.2) is 4.99 Å². The number of amidine groups is 2. The summed E-state index contributed by atoms with van der Waals surface area (Å²) in [6.07, 6.45) is 3.76. The zero-order valence-corrected chi connectivity index (χ0v) is 34.9. The Bertz CT molecular complexity index is 3720. The van der Waals surface area contributed by atoms with Gasteiger partial charge in [-0.1, -0.05) is 146 Å². The summed E-state index contributed by atoms with van der Waals surface area (Å²) >= 11 is 1.84. The van der Waals surface area contributed by atoms with Crippen LogP contribution >= 0.6 is 11.3 Å². The van der Waals surface area contributed by atoms with E-state index < -0.39 is 0 Å². The fourth-order valence-electron chi connectivity index (χ4n) is 8.96. The van der Waals surface area contributed by atoms with Crippen molar-refractivity contribution in [3.05, 3.63) is 210 Å². The molecule has 0 saturated heterocycles. The fourth-order valence-corrected chi connectivity index (χ4v) is 10.2. The SMILES string of the molecule is C=C/C(C(N)=NC(=NCc1ccccc1)c1ccc2ccccc2c1)=c1\c(=C/C)oc2ccc(-c3ccc(-n4c5ccccc5c5ccccc54)c4sc5ccccc5c34)cc12. The van der Waals surface area contributed by atoms with E-state index in [-0.39, 0.29) is 0 Å². The first-order valence-corrected chi connectivity index (χ1v) is 21.6. The van der Waals surface area contributed by atoms with Gasteiger partial charge in [0.25, 0.3) is 0 Å². The molecule has 3 heterocycles. The predicted octanol–water partition coefficient (Wildman–Crippen LogP) is 12.9. The first kappa shape index (κ1) is 37.2. The Balaban J connectivity index is 1.11. The maximum absolute atomic E-state index is 7.07. The van der Waals surface area contributed by atoms with Gasteiger partial charge in [-0.2, -0.15) is 0 Å². The van der Waals surface area contributed by atoms with Crippen molar-refractivity contribution >= 4 is 98.4 Å². The molecule has 0 radical (unpaired) electrons. The second-order valence-electron chi connectivity index (χ2n) is 15.4. The van der Waals surface area contributed by atoms with E-state index in [1.54, 1.807) is 6.08 Å². The number of hydrogen-bond acceptors (Lipinski definition) is 3. The molecule has 5 nitrogen and oxygen atoms in total. The monoisotopic (exact) mass is 816 g/mol. The lowest BCUT2D eigenvalue weighted by atomic mass is 9.97. The first-order chi connectivity index (χ1) is 30.6. The summed E-state index contributed by atoms with van der Waals surface area (Å²) in [5, 5.41) is 8.95. The number of benzene rings is 8. The first-order valence-electron chi connectivity index (χ1n) is 20.8. The van der Waals surface area contributed by atoms with Gasteiger partial charge in [0.15, 0.2) is 5.84 Å². The molecule has 3 aromatic heterocycles. The maximum Gasteiger partial charge on any atom is 0.157 e. The lowest BCUT2D eigenvalue weighted by molar-refractivity contribution is 0.575. The van der Waals surface area contributed by atoms with Crippen molar-refractivity contribution in [3.8, 4) is 16.8 Å². The van der Waals surface area contributed by atoms with Gasteiger partial charge < -0.3 is 14.7 Å². The molecule has 11 aromatic rings. The molecule has 62 heavy (non-hydrogen) atoms. The number of fused-ring (bicyclic) bond motifs is 8. The van der Waals surface area contributed by atoms with E-state index in [9.17, 15) is 0 Å². The van der Waals surface area contributed by atoms with Gasteiger partial charge in [0.2, 0.25) is 0 Å². The third-order valence-corrected chi connectivity index (χ3v) is 13.0. The molecule has 0 fully saturated rings. The predicted molar refractivity (Wildman–Crippen MR) is 264 cm³/mol. The second-order valence-corrected chi connectivity index (χ2v) is 16.5. The van der Waals surface area contributed by atoms with E-state index in [1.807, 2.05) is 54.7 Å². The third-order valence-electron chi connectivity index (χ3n) is 11.9. The number of aromatic nitrogens is 1. The molecule has 0 spiro atoms. The maximum atomic E-state index is 7.07. The quantitative estimate of drug-likeness (QED) is 0.129. The normalized spacial score (nSPS) is 13.3. The highest BCUT2D eigenvalue weighted by atomic mass is 32.1. The molecule has 0 unspecified atom stereocenters. The van der Waals surface area contributed by atoms with Gasteiger partial charge in [-0.3, -0.25) is 4.99 Å². The van der Waals surface area contributed by atoms with Crippen LogP contribution in [0.5, 0.6) is 0 Å². The topological polar surface area (TPSA) is 68.8 Å². The molecule has 2 N–H and O–H groups in total. The van der Waals surface area contributed by atoms with Crippen LogP contribution in [0.1, 0.15) is 18.1 Å². The van der Waals surface area contributed by atoms with Crippen molar-refractivity contribution in [1.82, 2.24) is 4.57 Å². The van der Waals surface area contributed by atoms with Gasteiger partial charge in [0.05, 0.1) is 28.0 Å². The van der Waals surface area contributed by atoms with Crippen LogP contribution in [0, 0.1) is 0 Å². The van der Waals surface area contributed by atoms with Gasteiger partial charge in [0, 0.05) is 48.0 Å². The summed E-state index contributed by atoms with van der Waals surface area (Å²) in [6.45, 7) is 6.70. The standard InChI is InChI=1S/C56H40N4OS/c1-3-40(55(57)59-56(58-34-35-16-6-5-7-17-35)39-27-26-36-18-8-9-19-37(36)32-39)52-45-33-38(28-31-50(45)61-49(52)4-2)41-29-30-48(54-53(41)44-22-12-15-25-51(44)62-54)60-46-23-13-10-20-42(46)43-21-11-14-24-47(43)60/h3-33H,1,34H2,2H3,(H2,57,58,59)/b49-4+,52-40+. The Kier molecular flexibility index (Phi) is 9.21. The lowest BCUT2D eigenvalue weighted by Gasteiger charge is -2.13. The van der Waals surface area contributed by atoms with E-state index >= 15 is 0 Å². The Labute approximate surface area is 362 Å². The average Bonchev–Trinajstić information content (AvgIpc) is 4.00. The van der Waals surface area contributed by atoms with Crippen LogP contribution < -0.4 is 16.4 Å². The highest BCUT2D eigenvalue weighted by Gasteiger charge is 2.20. The average molecular weight is 817 g/mol. The van der Waals surface area contributed by atoms with Crippen molar-refractivity contribution in [2.45, 2.75) is 13.5 Å². The van der Waals surface area contributed by atoms with Crippen LogP contribution in [-0.2, 0) is 6.54 Å². The fraction of sp³-hybridized carbons (Fsp3) is 0.0357. The zero-order chi connectivity index (χ0) is 41.7. The molecule has 0 aliphatic rings. The van der Waals surface area contributed by atoms with E-state index in [4.69, 9.17) is 20.1 Å². The second kappa shape index (κ2) is 15.3. The Hall–Kier alpha value is -7.80. The summed E-state index contributed by atoms with van der Waals surface area (Å²) in [5.74, 6) is 0.847. The van der Waals surface area contributed by atoms with E-state index in [1.165, 1.54) is 42.0 Å². The molecule has 0 amide bonds. The Morgan fingerprint density at radius 2 is 1.39 bits per heavy atom. The molecule has 0 bridgehead atoms. The van der Waals surface area contributed by atoms with Crippen LogP contribution in [0.3, 0.4) is 0 Å². The number of rotatable bonds is 7. The minimum Gasteiger partial charge on any atom is -0.456 e. The molecule has 8 aromatic carbocycles. The van der Waals surface area contributed by atoms with Crippen molar-refractivity contribution in [3.63, 3.8) is 0 Å². The summed E-state index contributed by atoms with van der Waals surface area (Å²) in [7, 11) is 0. The number of nitrogens with zero attached hydrogens (tertiary/aromatic N) is 3. The highest BCUT2D eigenvalue weighted by molar-refractivity contribution is 7.26. The minimum absolute atomic E-state index is 0.304. The van der Waals surface area contributed by atoms with Crippen molar-refractivity contribution in [2.24, 2.45) is 15.7 Å². The van der Waals surface area contributed by atoms with E-state index in [2.05, 4.69) is 157 Å². The van der Waals surface area contributed by atoms with Gasteiger partial charge in [-0.05, 0) is 82.9 Å². The third kappa shape index (κ3) is 6.23. The van der Waals surface area contributed by atoms with Crippen LogP contribution in [0.2, 0.25) is 0 Å². The largest absolute Gasteiger partial charge is 0.456 e. The molecule has 0 aliphatic carbocycles. The van der Waals surface area contributed by atoms with E-state index in [0.717, 1.165) is 54.9 Å². The van der Waals surface area contributed by atoms with Gasteiger partial charge in [-0.15, -0.1) is 11.3 Å². The molecule has 0 saturated carbocycles. The molecule has 11 rings (SSSR count). The van der Waals surface area contributed by atoms with Crippen molar-refractivity contribution in [1.29, 1.82) is 0 Å². The number of furan rings is 1. The number of nitrogens with two attached hydrogens (primary N) is 1. The summed E-state index contributed by atoms with van der Waals surface area (Å²) in [4.78, 5) is 10.1.